The Morgan fingerprint density at radius 2 is 1.60 bits per heavy atom. The second kappa shape index (κ2) is 15.0. The number of oxime groups is 1. The van der Waals surface area contributed by atoms with Gasteiger partial charge in [-0.15, -0.1) is 0 Å². The first-order valence-electron chi connectivity index (χ1n) is 15.8. The number of hydrogen-bond donors (Lipinski definition) is 2. The molecule has 20 heteroatoms. The van der Waals surface area contributed by atoms with E-state index in [1.165, 1.54) is 14.2 Å². The third-order valence-electron chi connectivity index (χ3n) is 8.49. The number of anilines is 1. The molecule has 2 heterocycles. The molecule has 280 valence electrons. The number of halogens is 6. The lowest BCUT2D eigenvalue weighted by Crippen LogP contribution is -2.55. The second-order valence-corrected chi connectivity index (χ2v) is 12.0. The number of carbonyl (C=O) groups excluding carboxylic acids is 3. The van der Waals surface area contributed by atoms with Gasteiger partial charge in [-0.05, 0) is 66.7 Å². The number of alkyl halides is 6. The molecule has 0 bridgehead atoms. The van der Waals surface area contributed by atoms with E-state index in [0.29, 0.717) is 48.2 Å². The summed E-state index contributed by atoms with van der Waals surface area (Å²) in [5.74, 6) is -6.43. The third-order valence-corrected chi connectivity index (χ3v) is 8.49. The number of rotatable bonds is 7. The van der Waals surface area contributed by atoms with E-state index in [9.17, 15) is 40.7 Å². The van der Waals surface area contributed by atoms with Gasteiger partial charge in [0.15, 0.2) is 11.5 Å². The number of aryl methyl sites for hydroxylation is 1. The molecule has 3 aromatic rings. The number of nitrogens with one attached hydrogen (secondary N) is 1. The standard InChI is InChI=1S/C32H33F6N7O7/c1-16-8-9-20-19(12-16)25(42-26(40-20)27(46)44-11-10-17-13-23(49-2)24(50-3)14-18(17)15-44)41-21-6-4-5-7-22(21)45(52-29(48)32(36,37)38)30(39)43-51-28(47)31(33,34)35/h8-9,12-14,21-22H,4-7,10-11,15H2,1-3H3,(H2,39,43)(H,40,41,42). The van der Waals surface area contributed by atoms with Crippen molar-refractivity contribution < 1.29 is 59.9 Å². The SMILES string of the molecule is COc1cc2c(cc1OC)CN(C(=O)c1nc(NC3CCCCC3N(OC(=O)C(F)(F)F)/C(N)=N/OC(=O)C(F)(F)F)c3cc(C)ccc3n1)CC2. The highest BCUT2D eigenvalue weighted by Gasteiger charge is 2.46. The fourth-order valence-corrected chi connectivity index (χ4v) is 5.99. The Labute approximate surface area is 291 Å². The summed E-state index contributed by atoms with van der Waals surface area (Å²) in [5.41, 5.74) is 8.60. The van der Waals surface area contributed by atoms with Crippen molar-refractivity contribution in [1.82, 2.24) is 19.9 Å². The number of benzene rings is 2. The van der Waals surface area contributed by atoms with Gasteiger partial charge in [-0.1, -0.05) is 24.5 Å². The van der Waals surface area contributed by atoms with Crippen LogP contribution in [0.4, 0.5) is 32.2 Å². The van der Waals surface area contributed by atoms with Gasteiger partial charge >= 0.3 is 24.3 Å². The zero-order valence-corrected chi connectivity index (χ0v) is 27.9. The van der Waals surface area contributed by atoms with Gasteiger partial charge < -0.3 is 35.1 Å². The van der Waals surface area contributed by atoms with E-state index in [-0.39, 0.29) is 36.1 Å². The number of aromatic nitrogens is 2. The molecule has 1 amide bonds. The fraction of sp³-hybridized carbons (Fsp3) is 0.438. The molecule has 5 rings (SSSR count). The van der Waals surface area contributed by atoms with Crippen LogP contribution >= 0.6 is 0 Å². The van der Waals surface area contributed by atoms with Crippen LogP contribution in [0.3, 0.4) is 0 Å². The van der Waals surface area contributed by atoms with Crippen LogP contribution < -0.4 is 20.5 Å². The first-order chi connectivity index (χ1) is 24.5. The summed E-state index contributed by atoms with van der Waals surface area (Å²) in [6.07, 6.45) is -9.50. The summed E-state index contributed by atoms with van der Waals surface area (Å²) >= 11 is 0. The van der Waals surface area contributed by atoms with Crippen LogP contribution in [0, 0.1) is 6.92 Å². The number of carbonyl (C=O) groups is 3. The topological polar surface area (TPSA) is 171 Å². The van der Waals surface area contributed by atoms with Crippen molar-refractivity contribution in [3.05, 3.63) is 52.8 Å². The minimum atomic E-state index is -5.54. The van der Waals surface area contributed by atoms with E-state index < -0.39 is 48.2 Å². The molecule has 1 aliphatic heterocycles. The van der Waals surface area contributed by atoms with Crippen molar-refractivity contribution in [3.63, 3.8) is 0 Å². The first kappa shape index (κ1) is 37.7. The van der Waals surface area contributed by atoms with Crippen LogP contribution in [-0.4, -0.2) is 88.9 Å². The van der Waals surface area contributed by atoms with Crippen LogP contribution in [0.1, 0.15) is 53.0 Å². The van der Waals surface area contributed by atoms with Crippen molar-refractivity contribution >= 4 is 40.5 Å². The molecule has 2 unspecified atom stereocenters. The lowest BCUT2D eigenvalue weighted by molar-refractivity contribution is -0.232. The predicted molar refractivity (Wildman–Crippen MR) is 170 cm³/mol. The summed E-state index contributed by atoms with van der Waals surface area (Å²) in [5, 5.41) is 6.52. The third kappa shape index (κ3) is 8.31. The molecule has 1 aromatic heterocycles. The van der Waals surface area contributed by atoms with Gasteiger partial charge in [-0.25, -0.2) is 19.6 Å². The van der Waals surface area contributed by atoms with Crippen molar-refractivity contribution in [2.75, 3.05) is 26.1 Å². The maximum Gasteiger partial charge on any atom is 0.493 e. The normalized spacial score (nSPS) is 17.9. The Morgan fingerprint density at radius 1 is 0.942 bits per heavy atom. The van der Waals surface area contributed by atoms with E-state index in [4.69, 9.17) is 15.2 Å². The van der Waals surface area contributed by atoms with Gasteiger partial charge in [0, 0.05) is 18.5 Å². The minimum absolute atomic E-state index is 0.0124. The largest absolute Gasteiger partial charge is 0.493 e. The Morgan fingerprint density at radius 3 is 2.25 bits per heavy atom. The lowest BCUT2D eigenvalue weighted by Gasteiger charge is -2.39. The van der Waals surface area contributed by atoms with Crippen LogP contribution in [0.5, 0.6) is 11.5 Å². The zero-order valence-electron chi connectivity index (χ0n) is 27.9. The van der Waals surface area contributed by atoms with E-state index in [0.717, 1.165) is 16.7 Å². The van der Waals surface area contributed by atoms with Gasteiger partial charge in [0.25, 0.3) is 11.9 Å². The number of hydroxylamine groups is 2. The maximum absolute atomic E-state index is 13.9. The summed E-state index contributed by atoms with van der Waals surface area (Å²) in [7, 11) is 3.02. The van der Waals surface area contributed by atoms with Crippen molar-refractivity contribution in [3.8, 4) is 11.5 Å². The van der Waals surface area contributed by atoms with Crippen LogP contribution in [-0.2, 0) is 32.2 Å². The van der Waals surface area contributed by atoms with E-state index in [2.05, 4.69) is 30.1 Å². The summed E-state index contributed by atoms with van der Waals surface area (Å²) in [4.78, 5) is 55.9. The molecule has 14 nitrogen and oxygen atoms in total. The van der Waals surface area contributed by atoms with E-state index in [1.54, 1.807) is 36.1 Å². The van der Waals surface area contributed by atoms with Gasteiger partial charge in [-0.2, -0.15) is 31.4 Å². The molecular formula is C32H33F6N7O7. The smallest absolute Gasteiger partial charge is 0.493 e. The molecule has 2 atom stereocenters. The van der Waals surface area contributed by atoms with Crippen molar-refractivity contribution in [1.29, 1.82) is 0 Å². The molecule has 1 saturated carbocycles. The zero-order chi connectivity index (χ0) is 38.0. The van der Waals surface area contributed by atoms with Gasteiger partial charge in [0.1, 0.15) is 5.82 Å². The van der Waals surface area contributed by atoms with E-state index >= 15 is 0 Å². The van der Waals surface area contributed by atoms with Gasteiger partial charge in [0.2, 0.25) is 5.82 Å². The molecule has 52 heavy (non-hydrogen) atoms. The number of methoxy groups -OCH3 is 2. The Bertz CT molecular complexity index is 1890. The predicted octanol–water partition coefficient (Wildman–Crippen LogP) is 4.53. The van der Waals surface area contributed by atoms with Crippen molar-refractivity contribution in [2.24, 2.45) is 10.9 Å². The molecule has 0 spiro atoms. The number of nitrogens with zero attached hydrogens (tertiary/aromatic N) is 5. The van der Waals surface area contributed by atoms with Crippen LogP contribution in [0.2, 0.25) is 0 Å². The highest BCUT2D eigenvalue weighted by Crippen LogP contribution is 2.34. The minimum Gasteiger partial charge on any atom is -0.493 e. The highest BCUT2D eigenvalue weighted by atomic mass is 19.4. The number of guanidine groups is 1. The molecule has 1 fully saturated rings. The van der Waals surface area contributed by atoms with E-state index in [1.807, 2.05) is 6.07 Å². The summed E-state index contributed by atoms with van der Waals surface area (Å²) < 4.78 is 88.9. The van der Waals surface area contributed by atoms with Crippen molar-refractivity contribution in [2.45, 2.75) is 70.0 Å². The Hall–Kier alpha value is -5.56. The number of hydrogen-bond acceptors (Lipinski definition) is 11. The molecule has 0 saturated heterocycles. The molecule has 2 aliphatic rings. The number of ether oxygens (including phenoxy) is 2. The molecule has 3 N–H and O–H groups in total. The summed E-state index contributed by atoms with van der Waals surface area (Å²) in [6.45, 7) is 2.31. The monoisotopic (exact) mass is 741 g/mol. The molecule has 2 aromatic carbocycles. The summed E-state index contributed by atoms with van der Waals surface area (Å²) in [6, 6.07) is 6.51. The second-order valence-electron chi connectivity index (χ2n) is 12.0. The molecule has 0 radical (unpaired) electrons. The first-order valence-corrected chi connectivity index (χ1v) is 15.8. The van der Waals surface area contributed by atoms with Gasteiger partial charge in [0.05, 0.1) is 31.8 Å². The number of fused-ring (bicyclic) bond motifs is 2. The Balaban J connectivity index is 1.48. The van der Waals surface area contributed by atoms with Crippen LogP contribution in [0.25, 0.3) is 10.9 Å². The number of amides is 1. The lowest BCUT2D eigenvalue weighted by atomic mass is 9.90. The molecular weight excluding hydrogens is 708 g/mol. The maximum atomic E-state index is 13.9. The fourth-order valence-electron chi connectivity index (χ4n) is 5.99. The molecule has 1 aliphatic carbocycles. The quantitative estimate of drug-likeness (QED) is 0.114. The average molecular weight is 742 g/mol. The Kier molecular flexibility index (Phi) is 10.8. The number of nitrogens with two attached hydrogens (primary N) is 1. The van der Waals surface area contributed by atoms with Crippen LogP contribution in [0.15, 0.2) is 35.5 Å². The van der Waals surface area contributed by atoms with Gasteiger partial charge in [-0.3, -0.25) is 4.79 Å². The highest BCUT2D eigenvalue weighted by molar-refractivity contribution is 5.97. The average Bonchev–Trinajstić information content (AvgIpc) is 3.10.